The Bertz CT molecular complexity index is 648. The molecule has 5 N–H and O–H groups in total. The second-order valence-corrected chi connectivity index (χ2v) is 5.00. The summed E-state index contributed by atoms with van der Waals surface area (Å²) in [6, 6.07) is 6.29. The molecule has 0 spiro atoms. The van der Waals surface area contributed by atoms with E-state index in [1.165, 1.54) is 18.2 Å². The number of hydrogen-bond acceptors (Lipinski definition) is 3. The summed E-state index contributed by atoms with van der Waals surface area (Å²) in [7, 11) is 0. The summed E-state index contributed by atoms with van der Waals surface area (Å²) in [6.07, 6.45) is 0. The molecule has 0 atom stereocenters. The summed E-state index contributed by atoms with van der Waals surface area (Å²) < 4.78 is 27.5. The molecule has 0 aliphatic rings. The van der Waals surface area contributed by atoms with Gasteiger partial charge in [0.2, 0.25) is 0 Å². The van der Waals surface area contributed by atoms with Crippen molar-refractivity contribution in [3.05, 3.63) is 52.0 Å². The van der Waals surface area contributed by atoms with Crippen LogP contribution in [0.4, 0.5) is 25.8 Å². The number of nitrogen functional groups attached to an aromatic ring is 2. The summed E-state index contributed by atoms with van der Waals surface area (Å²) >= 11 is 2.95. The van der Waals surface area contributed by atoms with Gasteiger partial charge in [-0.25, -0.2) is 8.78 Å². The summed E-state index contributed by atoms with van der Waals surface area (Å²) in [6.45, 7) is 0. The number of amides is 1. The molecule has 4 nitrogen and oxygen atoms in total. The van der Waals surface area contributed by atoms with Gasteiger partial charge in [-0.1, -0.05) is 15.9 Å². The number of hydrogen-bond donors (Lipinski definition) is 3. The molecule has 2 rings (SSSR count). The van der Waals surface area contributed by atoms with Crippen LogP contribution >= 0.6 is 15.9 Å². The lowest BCUT2D eigenvalue weighted by Crippen LogP contribution is -2.15. The van der Waals surface area contributed by atoms with E-state index in [9.17, 15) is 13.6 Å². The van der Waals surface area contributed by atoms with Crippen molar-refractivity contribution in [2.45, 2.75) is 0 Å². The topological polar surface area (TPSA) is 81.1 Å². The molecular formula is C13H10BrF2N3O. The quantitative estimate of drug-likeness (QED) is 0.734. The van der Waals surface area contributed by atoms with E-state index in [4.69, 9.17) is 11.5 Å². The van der Waals surface area contributed by atoms with Crippen LogP contribution in [-0.2, 0) is 0 Å². The Kier molecular flexibility index (Phi) is 3.89. The molecule has 104 valence electrons. The Morgan fingerprint density at radius 2 is 1.50 bits per heavy atom. The van der Waals surface area contributed by atoms with Crippen molar-refractivity contribution in [1.82, 2.24) is 0 Å². The molecule has 1 amide bonds. The average molecular weight is 342 g/mol. The van der Waals surface area contributed by atoms with E-state index < -0.39 is 23.2 Å². The third-order valence-corrected chi connectivity index (χ3v) is 2.94. The number of benzene rings is 2. The zero-order valence-corrected chi connectivity index (χ0v) is 11.7. The smallest absolute Gasteiger partial charge is 0.255 e. The summed E-state index contributed by atoms with van der Waals surface area (Å²) in [5, 5.41) is 2.16. The fourth-order valence-electron chi connectivity index (χ4n) is 1.65. The van der Waals surface area contributed by atoms with Crippen molar-refractivity contribution in [1.29, 1.82) is 0 Å². The van der Waals surface area contributed by atoms with Crippen LogP contribution in [0.2, 0.25) is 0 Å². The van der Waals surface area contributed by atoms with Crippen LogP contribution in [0, 0.1) is 11.6 Å². The highest BCUT2D eigenvalue weighted by molar-refractivity contribution is 9.10. The van der Waals surface area contributed by atoms with Gasteiger partial charge < -0.3 is 16.8 Å². The van der Waals surface area contributed by atoms with Gasteiger partial charge in [-0.05, 0) is 30.3 Å². The van der Waals surface area contributed by atoms with Crippen molar-refractivity contribution >= 4 is 38.9 Å². The summed E-state index contributed by atoms with van der Waals surface area (Å²) in [5.41, 5.74) is 11.3. The maximum atomic E-state index is 13.6. The molecule has 2 aromatic carbocycles. The molecule has 0 aliphatic carbocycles. The average Bonchev–Trinajstić information content (AvgIpc) is 2.32. The van der Waals surface area contributed by atoms with Gasteiger partial charge in [-0.2, -0.15) is 0 Å². The minimum absolute atomic E-state index is 0.115. The van der Waals surface area contributed by atoms with Crippen LogP contribution < -0.4 is 16.8 Å². The normalized spacial score (nSPS) is 10.3. The van der Waals surface area contributed by atoms with E-state index in [-0.39, 0.29) is 21.4 Å². The fourth-order valence-corrected chi connectivity index (χ4v) is 2.06. The number of rotatable bonds is 2. The zero-order chi connectivity index (χ0) is 14.9. The van der Waals surface area contributed by atoms with E-state index in [1.54, 1.807) is 0 Å². The van der Waals surface area contributed by atoms with Crippen LogP contribution in [0.1, 0.15) is 10.4 Å². The SMILES string of the molecule is Nc1cc(N)cc(C(=O)Nc2c(F)cc(Br)cc2F)c1. The zero-order valence-electron chi connectivity index (χ0n) is 10.1. The lowest BCUT2D eigenvalue weighted by Gasteiger charge is -2.09. The van der Waals surface area contributed by atoms with Crippen molar-refractivity contribution < 1.29 is 13.6 Å². The van der Waals surface area contributed by atoms with Gasteiger partial charge in [-0.15, -0.1) is 0 Å². The first-order valence-corrected chi connectivity index (χ1v) is 6.28. The molecule has 0 saturated heterocycles. The summed E-state index contributed by atoms with van der Waals surface area (Å²) in [4.78, 5) is 11.9. The highest BCUT2D eigenvalue weighted by atomic mass is 79.9. The monoisotopic (exact) mass is 341 g/mol. The van der Waals surface area contributed by atoms with Gasteiger partial charge in [0, 0.05) is 21.4 Å². The largest absolute Gasteiger partial charge is 0.399 e. The van der Waals surface area contributed by atoms with Crippen molar-refractivity contribution in [3.8, 4) is 0 Å². The molecule has 0 unspecified atom stereocenters. The number of nitrogens with one attached hydrogen (secondary N) is 1. The minimum atomic E-state index is -0.887. The van der Waals surface area contributed by atoms with Gasteiger partial charge in [-0.3, -0.25) is 4.79 Å². The van der Waals surface area contributed by atoms with E-state index >= 15 is 0 Å². The van der Waals surface area contributed by atoms with Crippen LogP contribution in [-0.4, -0.2) is 5.91 Å². The molecule has 0 heterocycles. The van der Waals surface area contributed by atoms with E-state index in [2.05, 4.69) is 21.2 Å². The molecule has 20 heavy (non-hydrogen) atoms. The van der Waals surface area contributed by atoms with Gasteiger partial charge in [0.15, 0.2) is 11.6 Å². The number of halogens is 3. The highest BCUT2D eigenvalue weighted by Crippen LogP contribution is 2.24. The van der Waals surface area contributed by atoms with Crippen LogP contribution in [0.15, 0.2) is 34.8 Å². The second-order valence-electron chi connectivity index (χ2n) is 4.09. The highest BCUT2D eigenvalue weighted by Gasteiger charge is 2.15. The van der Waals surface area contributed by atoms with E-state index in [0.29, 0.717) is 0 Å². The Labute approximate surface area is 121 Å². The van der Waals surface area contributed by atoms with E-state index in [0.717, 1.165) is 12.1 Å². The molecule has 0 aromatic heterocycles. The van der Waals surface area contributed by atoms with Crippen molar-refractivity contribution in [2.24, 2.45) is 0 Å². The van der Waals surface area contributed by atoms with Gasteiger partial charge in [0.05, 0.1) is 0 Å². The van der Waals surface area contributed by atoms with Gasteiger partial charge >= 0.3 is 0 Å². The Morgan fingerprint density at radius 1 is 1.00 bits per heavy atom. The number of anilines is 3. The maximum Gasteiger partial charge on any atom is 0.255 e. The predicted octanol–water partition coefficient (Wildman–Crippen LogP) is 3.14. The lowest BCUT2D eigenvalue weighted by atomic mass is 10.1. The molecule has 0 saturated carbocycles. The van der Waals surface area contributed by atoms with Crippen LogP contribution in [0.3, 0.4) is 0 Å². The van der Waals surface area contributed by atoms with E-state index in [1.807, 2.05) is 0 Å². The number of carbonyl (C=O) groups excluding carboxylic acids is 1. The van der Waals surface area contributed by atoms with Crippen molar-refractivity contribution in [2.75, 3.05) is 16.8 Å². The molecule has 0 fully saturated rings. The third-order valence-electron chi connectivity index (χ3n) is 2.49. The van der Waals surface area contributed by atoms with Crippen LogP contribution in [0.25, 0.3) is 0 Å². The standard InChI is InChI=1S/C13H10BrF2N3O/c14-7-3-10(15)12(11(16)4-7)19-13(20)6-1-8(17)5-9(18)2-6/h1-5H,17-18H2,(H,19,20). The summed E-state index contributed by atoms with van der Waals surface area (Å²) in [5.74, 6) is -2.48. The number of nitrogens with two attached hydrogens (primary N) is 2. The first kappa shape index (κ1) is 14.3. The second kappa shape index (κ2) is 5.46. The Morgan fingerprint density at radius 3 is 2.00 bits per heavy atom. The maximum absolute atomic E-state index is 13.6. The molecule has 0 aliphatic heterocycles. The molecule has 0 bridgehead atoms. The number of carbonyl (C=O) groups is 1. The Hall–Kier alpha value is -2.15. The van der Waals surface area contributed by atoms with Gasteiger partial charge in [0.1, 0.15) is 5.69 Å². The third kappa shape index (κ3) is 3.05. The van der Waals surface area contributed by atoms with Crippen LogP contribution in [0.5, 0.6) is 0 Å². The minimum Gasteiger partial charge on any atom is -0.399 e. The molecule has 2 aromatic rings. The molecule has 0 radical (unpaired) electrons. The molecular weight excluding hydrogens is 332 g/mol. The van der Waals surface area contributed by atoms with Crippen molar-refractivity contribution in [3.63, 3.8) is 0 Å². The lowest BCUT2D eigenvalue weighted by molar-refractivity contribution is 0.102. The first-order chi connectivity index (χ1) is 9.36. The predicted molar refractivity (Wildman–Crippen MR) is 77.3 cm³/mol. The van der Waals surface area contributed by atoms with Gasteiger partial charge in [0.25, 0.3) is 5.91 Å². The molecule has 7 heteroatoms. The Balaban J connectivity index is 2.32. The first-order valence-electron chi connectivity index (χ1n) is 5.49. The fraction of sp³-hybridized carbons (Fsp3) is 0.